The summed E-state index contributed by atoms with van der Waals surface area (Å²) in [6.07, 6.45) is 0.470. The zero-order valence-electron chi connectivity index (χ0n) is 15.2. The molecule has 0 atom stereocenters. The third kappa shape index (κ3) is 5.42. The molecular formula is C19H29N3O3. The molecule has 6 nitrogen and oxygen atoms in total. The van der Waals surface area contributed by atoms with Crippen LogP contribution in [-0.2, 0) is 16.0 Å². The van der Waals surface area contributed by atoms with Gasteiger partial charge in [-0.05, 0) is 17.7 Å². The van der Waals surface area contributed by atoms with Gasteiger partial charge in [-0.25, -0.2) is 0 Å². The Morgan fingerprint density at radius 2 is 1.56 bits per heavy atom. The first kappa shape index (κ1) is 18.2. The first-order chi connectivity index (χ1) is 12.2. The van der Waals surface area contributed by atoms with E-state index in [0.717, 1.165) is 76.9 Å². The molecule has 0 radical (unpaired) electrons. The number of methoxy groups -OCH3 is 1. The molecule has 0 unspecified atom stereocenters. The summed E-state index contributed by atoms with van der Waals surface area (Å²) in [6, 6.07) is 7.75. The van der Waals surface area contributed by atoms with Crippen molar-refractivity contribution in [2.45, 2.75) is 6.42 Å². The summed E-state index contributed by atoms with van der Waals surface area (Å²) < 4.78 is 10.5. The lowest BCUT2D eigenvalue weighted by molar-refractivity contribution is -0.132. The number of morpholine rings is 1. The quantitative estimate of drug-likeness (QED) is 0.759. The molecule has 0 aliphatic carbocycles. The number of hydrogen-bond donors (Lipinski definition) is 0. The Balaban J connectivity index is 1.38. The molecule has 0 bridgehead atoms. The predicted octanol–water partition coefficient (Wildman–Crippen LogP) is 0.714. The summed E-state index contributed by atoms with van der Waals surface area (Å²) in [5.41, 5.74) is 1.04. The Bertz CT molecular complexity index is 535. The molecule has 2 fully saturated rings. The van der Waals surface area contributed by atoms with Crippen LogP contribution in [0, 0.1) is 0 Å². The normalized spacial score (nSPS) is 19.8. The topological polar surface area (TPSA) is 45.2 Å². The number of nitrogens with zero attached hydrogens (tertiary/aromatic N) is 3. The van der Waals surface area contributed by atoms with Crippen LogP contribution in [0.1, 0.15) is 5.56 Å². The van der Waals surface area contributed by atoms with Gasteiger partial charge in [0.2, 0.25) is 5.91 Å². The van der Waals surface area contributed by atoms with Crippen molar-refractivity contribution >= 4 is 5.91 Å². The highest BCUT2D eigenvalue weighted by Crippen LogP contribution is 2.13. The van der Waals surface area contributed by atoms with Crippen LogP contribution in [0.5, 0.6) is 5.75 Å². The summed E-state index contributed by atoms with van der Waals surface area (Å²) >= 11 is 0. The molecule has 138 valence electrons. The van der Waals surface area contributed by atoms with Gasteiger partial charge in [0.15, 0.2) is 0 Å². The van der Waals surface area contributed by atoms with Crippen LogP contribution in [0.4, 0.5) is 0 Å². The minimum atomic E-state index is 0.220. The van der Waals surface area contributed by atoms with Crippen molar-refractivity contribution in [1.82, 2.24) is 14.7 Å². The lowest BCUT2D eigenvalue weighted by atomic mass is 10.1. The monoisotopic (exact) mass is 347 g/mol. The molecule has 0 aromatic heterocycles. The van der Waals surface area contributed by atoms with Gasteiger partial charge in [0.05, 0.1) is 26.7 Å². The van der Waals surface area contributed by atoms with Gasteiger partial charge in [0.1, 0.15) is 5.75 Å². The Morgan fingerprint density at radius 1 is 0.960 bits per heavy atom. The highest BCUT2D eigenvalue weighted by Gasteiger charge is 2.21. The van der Waals surface area contributed by atoms with E-state index in [1.807, 2.05) is 29.2 Å². The minimum absolute atomic E-state index is 0.220. The molecule has 2 heterocycles. The summed E-state index contributed by atoms with van der Waals surface area (Å²) in [5, 5.41) is 0. The highest BCUT2D eigenvalue weighted by atomic mass is 16.5. The number of rotatable bonds is 6. The Morgan fingerprint density at radius 3 is 2.16 bits per heavy atom. The first-order valence-electron chi connectivity index (χ1n) is 9.18. The van der Waals surface area contributed by atoms with Gasteiger partial charge in [-0.15, -0.1) is 0 Å². The Hall–Kier alpha value is -1.63. The van der Waals surface area contributed by atoms with E-state index in [-0.39, 0.29) is 5.91 Å². The number of benzene rings is 1. The minimum Gasteiger partial charge on any atom is -0.497 e. The van der Waals surface area contributed by atoms with Crippen molar-refractivity contribution in [2.75, 3.05) is 72.7 Å². The van der Waals surface area contributed by atoms with Gasteiger partial charge in [0, 0.05) is 52.4 Å². The van der Waals surface area contributed by atoms with Gasteiger partial charge in [-0.1, -0.05) is 12.1 Å². The van der Waals surface area contributed by atoms with Gasteiger partial charge in [-0.3, -0.25) is 14.6 Å². The summed E-state index contributed by atoms with van der Waals surface area (Å²) in [5.74, 6) is 1.04. The fourth-order valence-electron chi connectivity index (χ4n) is 3.36. The molecule has 1 amide bonds. The predicted molar refractivity (Wildman–Crippen MR) is 97.0 cm³/mol. The van der Waals surface area contributed by atoms with E-state index >= 15 is 0 Å². The number of carbonyl (C=O) groups excluding carboxylic acids is 1. The number of carbonyl (C=O) groups is 1. The van der Waals surface area contributed by atoms with E-state index in [4.69, 9.17) is 9.47 Å². The third-order valence-corrected chi connectivity index (χ3v) is 5.08. The first-order valence-corrected chi connectivity index (χ1v) is 9.18. The van der Waals surface area contributed by atoms with Gasteiger partial charge < -0.3 is 14.4 Å². The molecule has 0 saturated carbocycles. The van der Waals surface area contributed by atoms with E-state index in [1.165, 1.54) is 0 Å². The summed E-state index contributed by atoms with van der Waals surface area (Å²) in [4.78, 5) is 19.4. The van der Waals surface area contributed by atoms with Crippen LogP contribution in [0.2, 0.25) is 0 Å². The number of piperazine rings is 1. The van der Waals surface area contributed by atoms with E-state index in [9.17, 15) is 4.79 Å². The second-order valence-electron chi connectivity index (χ2n) is 6.70. The van der Waals surface area contributed by atoms with E-state index in [2.05, 4.69) is 9.80 Å². The summed E-state index contributed by atoms with van der Waals surface area (Å²) in [7, 11) is 1.65. The molecule has 3 rings (SSSR count). The SMILES string of the molecule is COc1ccc(CC(=O)N2CCN(CCN3CCOCC3)CC2)cc1. The van der Waals surface area contributed by atoms with Gasteiger partial charge in [-0.2, -0.15) is 0 Å². The van der Waals surface area contributed by atoms with Crippen LogP contribution >= 0.6 is 0 Å². The average Bonchev–Trinajstić information content (AvgIpc) is 2.68. The zero-order chi connectivity index (χ0) is 17.5. The smallest absolute Gasteiger partial charge is 0.227 e. The van der Waals surface area contributed by atoms with Crippen LogP contribution in [0.25, 0.3) is 0 Å². The Labute approximate surface area is 150 Å². The van der Waals surface area contributed by atoms with Crippen LogP contribution in [-0.4, -0.2) is 93.3 Å². The maximum absolute atomic E-state index is 12.5. The number of hydrogen-bond acceptors (Lipinski definition) is 5. The van der Waals surface area contributed by atoms with Crippen molar-refractivity contribution in [3.8, 4) is 5.75 Å². The standard InChI is InChI=1S/C19H29N3O3/c1-24-18-4-2-17(3-5-18)16-19(23)22-10-8-20(9-11-22)6-7-21-12-14-25-15-13-21/h2-5H,6-16H2,1H3. The molecule has 6 heteroatoms. The molecule has 1 aromatic carbocycles. The second kappa shape index (κ2) is 9.17. The lowest BCUT2D eigenvalue weighted by Crippen LogP contribution is -2.51. The highest BCUT2D eigenvalue weighted by molar-refractivity contribution is 5.78. The molecule has 0 spiro atoms. The second-order valence-corrected chi connectivity index (χ2v) is 6.70. The number of amides is 1. The lowest BCUT2D eigenvalue weighted by Gasteiger charge is -2.36. The fraction of sp³-hybridized carbons (Fsp3) is 0.632. The fourth-order valence-corrected chi connectivity index (χ4v) is 3.36. The molecule has 2 aliphatic rings. The van der Waals surface area contributed by atoms with Gasteiger partial charge >= 0.3 is 0 Å². The van der Waals surface area contributed by atoms with Crippen LogP contribution in [0.3, 0.4) is 0 Å². The van der Waals surface area contributed by atoms with Crippen LogP contribution in [0.15, 0.2) is 24.3 Å². The van der Waals surface area contributed by atoms with Crippen molar-refractivity contribution in [3.63, 3.8) is 0 Å². The van der Waals surface area contributed by atoms with Crippen LogP contribution < -0.4 is 4.74 Å². The molecule has 0 N–H and O–H groups in total. The maximum Gasteiger partial charge on any atom is 0.227 e. The number of ether oxygens (including phenoxy) is 2. The van der Waals surface area contributed by atoms with Crippen molar-refractivity contribution in [3.05, 3.63) is 29.8 Å². The molecular weight excluding hydrogens is 318 g/mol. The van der Waals surface area contributed by atoms with Crippen molar-refractivity contribution in [1.29, 1.82) is 0 Å². The molecule has 1 aromatic rings. The van der Waals surface area contributed by atoms with E-state index in [0.29, 0.717) is 6.42 Å². The van der Waals surface area contributed by atoms with Crippen molar-refractivity contribution in [2.24, 2.45) is 0 Å². The van der Waals surface area contributed by atoms with E-state index < -0.39 is 0 Å². The maximum atomic E-state index is 12.5. The molecule has 25 heavy (non-hydrogen) atoms. The molecule has 2 aliphatic heterocycles. The summed E-state index contributed by atoms with van der Waals surface area (Å²) in [6.45, 7) is 9.58. The largest absolute Gasteiger partial charge is 0.497 e. The van der Waals surface area contributed by atoms with E-state index in [1.54, 1.807) is 7.11 Å². The van der Waals surface area contributed by atoms with Gasteiger partial charge in [0.25, 0.3) is 0 Å². The zero-order valence-corrected chi connectivity index (χ0v) is 15.2. The molecule has 2 saturated heterocycles. The third-order valence-electron chi connectivity index (χ3n) is 5.08. The average molecular weight is 347 g/mol. The van der Waals surface area contributed by atoms with Crippen molar-refractivity contribution < 1.29 is 14.3 Å². The Kier molecular flexibility index (Phi) is 6.67.